The molecule has 28 heavy (non-hydrogen) atoms. The summed E-state index contributed by atoms with van der Waals surface area (Å²) < 4.78 is 43.9. The Morgan fingerprint density at radius 2 is 1.61 bits per heavy atom. The molecule has 1 N–H and O–H groups in total. The van der Waals surface area contributed by atoms with Gasteiger partial charge in [-0.2, -0.15) is 13.2 Å². The van der Waals surface area contributed by atoms with Crippen molar-refractivity contribution in [3.63, 3.8) is 0 Å². The van der Waals surface area contributed by atoms with Crippen LogP contribution in [-0.2, 0) is 12.8 Å². The van der Waals surface area contributed by atoms with Crippen LogP contribution in [0.15, 0.2) is 85.5 Å². The minimum absolute atomic E-state index is 0.317. The molecule has 0 radical (unpaired) electrons. The standard InChI is InChI=1S/C23H19F3O2/c1-2-22(27)18-8-12-21(13-9-18)28-15-16-4-3-5-19(14-16)17-6-10-20(11-7-17)23(24,25)26/h2-14,22,27H,1,15H2. The van der Waals surface area contributed by atoms with Gasteiger partial charge in [0, 0.05) is 0 Å². The first-order chi connectivity index (χ1) is 13.4. The Labute approximate surface area is 161 Å². The second-order valence-corrected chi connectivity index (χ2v) is 6.31. The maximum absolute atomic E-state index is 12.7. The van der Waals surface area contributed by atoms with Crippen molar-refractivity contribution in [2.45, 2.75) is 18.9 Å². The summed E-state index contributed by atoms with van der Waals surface area (Å²) in [4.78, 5) is 0. The summed E-state index contributed by atoms with van der Waals surface area (Å²) in [5, 5.41) is 9.71. The van der Waals surface area contributed by atoms with Gasteiger partial charge >= 0.3 is 6.18 Å². The number of aliphatic hydroxyl groups excluding tert-OH is 1. The predicted molar refractivity (Wildman–Crippen MR) is 103 cm³/mol. The van der Waals surface area contributed by atoms with Gasteiger partial charge in [-0.05, 0) is 52.6 Å². The lowest BCUT2D eigenvalue weighted by Gasteiger charge is -2.11. The molecule has 0 aliphatic rings. The van der Waals surface area contributed by atoms with E-state index in [4.69, 9.17) is 4.74 Å². The van der Waals surface area contributed by atoms with Gasteiger partial charge in [-0.3, -0.25) is 0 Å². The minimum atomic E-state index is -4.34. The fraction of sp³-hybridized carbons (Fsp3) is 0.130. The third-order valence-corrected chi connectivity index (χ3v) is 4.32. The fourth-order valence-electron chi connectivity index (χ4n) is 2.76. The van der Waals surface area contributed by atoms with Crippen LogP contribution in [0.4, 0.5) is 13.2 Å². The maximum atomic E-state index is 12.7. The van der Waals surface area contributed by atoms with E-state index >= 15 is 0 Å². The van der Waals surface area contributed by atoms with Crippen LogP contribution in [0.2, 0.25) is 0 Å². The van der Waals surface area contributed by atoms with E-state index in [9.17, 15) is 18.3 Å². The van der Waals surface area contributed by atoms with Crippen molar-refractivity contribution in [1.29, 1.82) is 0 Å². The Bertz CT molecular complexity index is 929. The summed E-state index contributed by atoms with van der Waals surface area (Å²) in [6.45, 7) is 3.87. The van der Waals surface area contributed by atoms with Gasteiger partial charge in [-0.15, -0.1) is 6.58 Å². The van der Waals surface area contributed by atoms with Crippen molar-refractivity contribution >= 4 is 0 Å². The molecule has 144 valence electrons. The van der Waals surface area contributed by atoms with Crippen LogP contribution in [-0.4, -0.2) is 5.11 Å². The monoisotopic (exact) mass is 384 g/mol. The number of rotatable bonds is 6. The molecule has 5 heteroatoms. The van der Waals surface area contributed by atoms with E-state index in [1.165, 1.54) is 18.2 Å². The topological polar surface area (TPSA) is 29.5 Å². The van der Waals surface area contributed by atoms with Gasteiger partial charge in [0.1, 0.15) is 12.4 Å². The molecule has 3 rings (SSSR count). The number of halogens is 3. The number of benzene rings is 3. The van der Waals surface area contributed by atoms with Gasteiger partial charge in [-0.1, -0.05) is 48.5 Å². The highest BCUT2D eigenvalue weighted by atomic mass is 19.4. The van der Waals surface area contributed by atoms with E-state index in [1.54, 1.807) is 24.3 Å². The van der Waals surface area contributed by atoms with E-state index in [-0.39, 0.29) is 0 Å². The minimum Gasteiger partial charge on any atom is -0.489 e. The van der Waals surface area contributed by atoms with E-state index in [0.717, 1.165) is 28.8 Å². The average Bonchev–Trinajstić information content (AvgIpc) is 2.72. The summed E-state index contributed by atoms with van der Waals surface area (Å²) in [6, 6.07) is 19.6. The van der Waals surface area contributed by atoms with Crippen molar-refractivity contribution in [1.82, 2.24) is 0 Å². The van der Waals surface area contributed by atoms with Crippen molar-refractivity contribution in [2.75, 3.05) is 0 Å². The largest absolute Gasteiger partial charge is 0.489 e. The second kappa shape index (κ2) is 8.31. The lowest BCUT2D eigenvalue weighted by atomic mass is 10.0. The van der Waals surface area contributed by atoms with Crippen LogP contribution in [0.25, 0.3) is 11.1 Å². The Morgan fingerprint density at radius 3 is 2.21 bits per heavy atom. The molecule has 0 saturated carbocycles. The number of ether oxygens (including phenoxy) is 1. The lowest BCUT2D eigenvalue weighted by molar-refractivity contribution is -0.137. The zero-order valence-corrected chi connectivity index (χ0v) is 15.0. The van der Waals surface area contributed by atoms with Gasteiger partial charge in [0.25, 0.3) is 0 Å². The van der Waals surface area contributed by atoms with Crippen LogP contribution in [0.1, 0.15) is 22.8 Å². The molecule has 3 aromatic carbocycles. The first-order valence-electron chi connectivity index (χ1n) is 8.67. The summed E-state index contributed by atoms with van der Waals surface area (Å²) in [5.74, 6) is 0.653. The van der Waals surface area contributed by atoms with Crippen LogP contribution in [0, 0.1) is 0 Å². The van der Waals surface area contributed by atoms with Crippen molar-refractivity contribution in [2.24, 2.45) is 0 Å². The van der Waals surface area contributed by atoms with Gasteiger partial charge in [0.2, 0.25) is 0 Å². The summed E-state index contributed by atoms with van der Waals surface area (Å²) >= 11 is 0. The lowest BCUT2D eigenvalue weighted by Crippen LogP contribution is -2.04. The van der Waals surface area contributed by atoms with Crippen molar-refractivity contribution in [3.05, 3.63) is 102 Å². The van der Waals surface area contributed by atoms with Gasteiger partial charge < -0.3 is 9.84 Å². The summed E-state index contributed by atoms with van der Waals surface area (Å²) in [6.07, 6.45) is -3.61. The molecule has 1 atom stereocenters. The molecular weight excluding hydrogens is 365 g/mol. The van der Waals surface area contributed by atoms with E-state index in [0.29, 0.717) is 17.9 Å². The van der Waals surface area contributed by atoms with E-state index < -0.39 is 17.8 Å². The van der Waals surface area contributed by atoms with Gasteiger partial charge in [0.05, 0.1) is 11.7 Å². The molecule has 1 unspecified atom stereocenters. The smallest absolute Gasteiger partial charge is 0.416 e. The summed E-state index contributed by atoms with van der Waals surface area (Å²) in [7, 11) is 0. The highest BCUT2D eigenvalue weighted by molar-refractivity contribution is 5.64. The first-order valence-corrected chi connectivity index (χ1v) is 8.67. The number of hydrogen-bond donors (Lipinski definition) is 1. The molecule has 0 spiro atoms. The quantitative estimate of drug-likeness (QED) is 0.515. The SMILES string of the molecule is C=CC(O)c1ccc(OCc2cccc(-c3ccc(C(F)(F)F)cc3)c2)cc1. The molecule has 0 aliphatic carbocycles. The normalized spacial score (nSPS) is 12.4. The molecule has 0 saturated heterocycles. The van der Waals surface area contributed by atoms with Crippen LogP contribution < -0.4 is 4.74 Å². The van der Waals surface area contributed by atoms with E-state index in [2.05, 4.69) is 6.58 Å². The molecule has 0 bridgehead atoms. The third-order valence-electron chi connectivity index (χ3n) is 4.32. The second-order valence-electron chi connectivity index (χ2n) is 6.31. The van der Waals surface area contributed by atoms with Crippen molar-refractivity contribution < 1.29 is 23.0 Å². The van der Waals surface area contributed by atoms with Crippen LogP contribution in [0.3, 0.4) is 0 Å². The number of hydrogen-bond acceptors (Lipinski definition) is 2. The molecule has 0 fully saturated rings. The van der Waals surface area contributed by atoms with E-state index in [1.807, 2.05) is 24.3 Å². The highest BCUT2D eigenvalue weighted by Crippen LogP contribution is 2.31. The Balaban J connectivity index is 1.69. The van der Waals surface area contributed by atoms with Gasteiger partial charge in [-0.25, -0.2) is 0 Å². The molecule has 0 aromatic heterocycles. The Hall–Kier alpha value is -3.05. The Kier molecular flexibility index (Phi) is 5.85. The van der Waals surface area contributed by atoms with Crippen LogP contribution in [0.5, 0.6) is 5.75 Å². The first kappa shape index (κ1) is 19.7. The van der Waals surface area contributed by atoms with Crippen molar-refractivity contribution in [3.8, 4) is 16.9 Å². The Morgan fingerprint density at radius 1 is 0.929 bits per heavy atom. The fourth-order valence-corrected chi connectivity index (χ4v) is 2.76. The average molecular weight is 384 g/mol. The maximum Gasteiger partial charge on any atom is 0.416 e. The highest BCUT2D eigenvalue weighted by Gasteiger charge is 2.29. The molecular formula is C23H19F3O2. The zero-order valence-electron chi connectivity index (χ0n) is 15.0. The molecule has 2 nitrogen and oxygen atoms in total. The molecule has 0 amide bonds. The molecule has 0 heterocycles. The molecule has 0 aliphatic heterocycles. The molecule has 3 aromatic rings. The third kappa shape index (κ3) is 4.81. The van der Waals surface area contributed by atoms with Crippen LogP contribution >= 0.6 is 0 Å². The number of alkyl halides is 3. The summed E-state index contributed by atoms with van der Waals surface area (Å²) in [5.41, 5.74) is 2.48. The number of aliphatic hydroxyl groups is 1. The zero-order chi connectivity index (χ0) is 20.1. The van der Waals surface area contributed by atoms with Gasteiger partial charge in [0.15, 0.2) is 0 Å². The predicted octanol–water partition coefficient (Wildman–Crippen LogP) is 6.17.